The van der Waals surface area contributed by atoms with Gasteiger partial charge in [0.05, 0.1) is 0 Å². The molecule has 2 aromatic rings. The molecule has 2 rings (SSSR count). The van der Waals surface area contributed by atoms with Gasteiger partial charge in [-0.1, -0.05) is 37.3 Å². The molecule has 0 spiro atoms. The van der Waals surface area contributed by atoms with E-state index in [-0.39, 0.29) is 5.91 Å². The first-order valence-corrected chi connectivity index (χ1v) is 7.05. The number of aromatic nitrogens is 4. The summed E-state index contributed by atoms with van der Waals surface area (Å²) in [6, 6.07) is 9.07. The molecule has 0 aliphatic carbocycles. The van der Waals surface area contributed by atoms with Crippen LogP contribution in [0, 0.1) is 0 Å². The monoisotopic (exact) mass is 288 g/mol. The highest BCUT2D eigenvalue weighted by Gasteiger charge is 2.18. The quantitative estimate of drug-likeness (QED) is 0.730. The average molecular weight is 288 g/mol. The minimum atomic E-state index is -0.489. The van der Waals surface area contributed by atoms with Crippen LogP contribution in [0.4, 0.5) is 0 Å². The van der Waals surface area contributed by atoms with Crippen LogP contribution in [0.2, 0.25) is 0 Å². The van der Waals surface area contributed by atoms with E-state index in [2.05, 4.69) is 26.0 Å². The fraction of sp³-hybridized carbons (Fsp3) is 0.429. The number of carbonyl (C=O) groups excluding carboxylic acids is 1. The summed E-state index contributed by atoms with van der Waals surface area (Å²) < 4.78 is 0. The molecule has 21 heavy (non-hydrogen) atoms. The molecular formula is C14H20N6O. The van der Waals surface area contributed by atoms with Gasteiger partial charge in [-0.2, -0.15) is 4.80 Å². The second kappa shape index (κ2) is 7.49. The first kappa shape index (κ1) is 15.1. The molecular weight excluding hydrogens is 268 g/mol. The van der Waals surface area contributed by atoms with Gasteiger partial charge in [-0.15, -0.1) is 10.2 Å². The molecule has 1 amide bonds. The van der Waals surface area contributed by atoms with E-state index < -0.39 is 6.04 Å². The molecule has 1 aromatic carbocycles. The molecule has 0 saturated carbocycles. The summed E-state index contributed by atoms with van der Waals surface area (Å²) in [5.41, 5.74) is 0.878. The van der Waals surface area contributed by atoms with Gasteiger partial charge in [0.1, 0.15) is 6.04 Å². The van der Waals surface area contributed by atoms with Gasteiger partial charge in [-0.25, -0.2) is 0 Å². The molecule has 1 atom stereocenters. The summed E-state index contributed by atoms with van der Waals surface area (Å²) in [6.07, 6.45) is 0. The Kier molecular flexibility index (Phi) is 5.39. The summed E-state index contributed by atoms with van der Waals surface area (Å²) in [6.45, 7) is 5.98. The normalized spacial score (nSPS) is 12.1. The Labute approximate surface area is 123 Å². The highest BCUT2D eigenvalue weighted by molar-refractivity contribution is 5.79. The number of tetrazole rings is 1. The van der Waals surface area contributed by atoms with Crippen molar-refractivity contribution in [3.63, 3.8) is 0 Å². The second-order valence-corrected chi connectivity index (χ2v) is 4.62. The van der Waals surface area contributed by atoms with Crippen molar-refractivity contribution in [2.24, 2.45) is 0 Å². The van der Waals surface area contributed by atoms with Gasteiger partial charge in [0.25, 0.3) is 0 Å². The maximum atomic E-state index is 12.0. The van der Waals surface area contributed by atoms with Crippen molar-refractivity contribution in [3.05, 3.63) is 30.3 Å². The maximum Gasteiger partial charge on any atom is 0.246 e. The number of carbonyl (C=O) groups is 1. The molecule has 1 aromatic heterocycles. The van der Waals surface area contributed by atoms with Gasteiger partial charge in [0.2, 0.25) is 11.7 Å². The predicted molar refractivity (Wildman–Crippen MR) is 79.5 cm³/mol. The highest BCUT2D eigenvalue weighted by atomic mass is 16.2. The summed E-state index contributed by atoms with van der Waals surface area (Å²) in [5, 5.41) is 18.2. The first-order valence-electron chi connectivity index (χ1n) is 7.05. The Balaban J connectivity index is 1.95. The molecule has 112 valence electrons. The number of hydrogen-bond donors (Lipinski definition) is 2. The standard InChI is InChI=1S/C14H20N6O/c1-3-15-9-10-16-14(21)11(2)20-18-13(17-19-20)12-7-5-4-6-8-12/h4-8,11,15H,3,9-10H2,1-2H3,(H,16,21). The SMILES string of the molecule is CCNCCNC(=O)C(C)n1nnc(-c2ccccc2)n1. The molecule has 2 N–H and O–H groups in total. The van der Waals surface area contributed by atoms with Crippen LogP contribution in [0.3, 0.4) is 0 Å². The van der Waals surface area contributed by atoms with Gasteiger partial charge >= 0.3 is 0 Å². The van der Waals surface area contributed by atoms with Gasteiger partial charge in [-0.3, -0.25) is 4.79 Å². The van der Waals surface area contributed by atoms with Crippen LogP contribution in [0.1, 0.15) is 19.9 Å². The molecule has 1 heterocycles. The minimum Gasteiger partial charge on any atom is -0.353 e. The molecule has 0 radical (unpaired) electrons. The molecule has 0 bridgehead atoms. The van der Waals surface area contributed by atoms with Crippen molar-refractivity contribution < 1.29 is 4.79 Å². The zero-order valence-electron chi connectivity index (χ0n) is 12.3. The van der Waals surface area contributed by atoms with E-state index in [0.29, 0.717) is 12.4 Å². The number of rotatable bonds is 7. The number of hydrogen-bond acceptors (Lipinski definition) is 5. The Morgan fingerprint density at radius 1 is 1.29 bits per heavy atom. The van der Waals surface area contributed by atoms with Crippen LogP contribution in [0.15, 0.2) is 30.3 Å². The zero-order valence-corrected chi connectivity index (χ0v) is 12.3. The Bertz CT molecular complexity index is 568. The lowest BCUT2D eigenvalue weighted by molar-refractivity contribution is -0.124. The predicted octanol–water partition coefficient (Wildman–Crippen LogP) is 0.627. The zero-order chi connectivity index (χ0) is 15.1. The van der Waals surface area contributed by atoms with Crippen molar-refractivity contribution >= 4 is 5.91 Å². The van der Waals surface area contributed by atoms with E-state index in [1.54, 1.807) is 6.92 Å². The van der Waals surface area contributed by atoms with E-state index in [1.807, 2.05) is 37.3 Å². The topological polar surface area (TPSA) is 84.7 Å². The van der Waals surface area contributed by atoms with Crippen molar-refractivity contribution in [1.29, 1.82) is 0 Å². The number of amides is 1. The first-order chi connectivity index (χ1) is 10.2. The number of benzene rings is 1. The Hall–Kier alpha value is -2.28. The Morgan fingerprint density at radius 2 is 2.05 bits per heavy atom. The molecule has 7 heteroatoms. The molecule has 0 aliphatic heterocycles. The average Bonchev–Trinajstić information content (AvgIpc) is 3.01. The molecule has 0 aliphatic rings. The van der Waals surface area contributed by atoms with Gasteiger partial charge < -0.3 is 10.6 Å². The highest BCUT2D eigenvalue weighted by Crippen LogP contribution is 2.13. The third-order valence-corrected chi connectivity index (χ3v) is 3.04. The van der Waals surface area contributed by atoms with E-state index in [4.69, 9.17) is 0 Å². The fourth-order valence-corrected chi connectivity index (χ4v) is 1.80. The number of nitrogens with one attached hydrogen (secondary N) is 2. The van der Waals surface area contributed by atoms with E-state index in [9.17, 15) is 4.79 Å². The lowest BCUT2D eigenvalue weighted by Gasteiger charge is -2.10. The summed E-state index contributed by atoms with van der Waals surface area (Å²) in [4.78, 5) is 13.3. The minimum absolute atomic E-state index is 0.120. The molecule has 1 unspecified atom stereocenters. The van der Waals surface area contributed by atoms with Crippen molar-refractivity contribution in [2.45, 2.75) is 19.9 Å². The van der Waals surface area contributed by atoms with Crippen molar-refractivity contribution in [3.8, 4) is 11.4 Å². The summed E-state index contributed by atoms with van der Waals surface area (Å²) >= 11 is 0. The summed E-state index contributed by atoms with van der Waals surface area (Å²) in [5.74, 6) is 0.396. The van der Waals surface area contributed by atoms with Gasteiger partial charge in [-0.05, 0) is 18.7 Å². The number of likely N-dealkylation sites (N-methyl/N-ethyl adjacent to an activating group) is 1. The van der Waals surface area contributed by atoms with E-state index >= 15 is 0 Å². The van der Waals surface area contributed by atoms with Crippen molar-refractivity contribution in [1.82, 2.24) is 30.8 Å². The van der Waals surface area contributed by atoms with Crippen LogP contribution in [0.25, 0.3) is 11.4 Å². The molecule has 0 saturated heterocycles. The summed E-state index contributed by atoms with van der Waals surface area (Å²) in [7, 11) is 0. The molecule has 7 nitrogen and oxygen atoms in total. The fourth-order valence-electron chi connectivity index (χ4n) is 1.80. The third kappa shape index (κ3) is 4.09. The van der Waals surface area contributed by atoms with Crippen molar-refractivity contribution in [2.75, 3.05) is 19.6 Å². The lowest BCUT2D eigenvalue weighted by atomic mass is 10.2. The van der Waals surface area contributed by atoms with Gasteiger partial charge in [0, 0.05) is 18.7 Å². The van der Waals surface area contributed by atoms with Crippen LogP contribution < -0.4 is 10.6 Å². The van der Waals surface area contributed by atoms with E-state index in [0.717, 1.165) is 18.7 Å². The van der Waals surface area contributed by atoms with Gasteiger partial charge in [0.15, 0.2) is 0 Å². The lowest BCUT2D eigenvalue weighted by Crippen LogP contribution is -2.36. The maximum absolute atomic E-state index is 12.0. The number of nitrogens with zero attached hydrogens (tertiary/aromatic N) is 4. The third-order valence-electron chi connectivity index (χ3n) is 3.04. The largest absolute Gasteiger partial charge is 0.353 e. The van der Waals surface area contributed by atoms with Crippen LogP contribution in [-0.2, 0) is 4.79 Å². The second-order valence-electron chi connectivity index (χ2n) is 4.62. The van der Waals surface area contributed by atoms with E-state index in [1.165, 1.54) is 4.80 Å². The van der Waals surface area contributed by atoms with Crippen LogP contribution >= 0.6 is 0 Å². The smallest absolute Gasteiger partial charge is 0.246 e. The van der Waals surface area contributed by atoms with Crippen LogP contribution in [0.5, 0.6) is 0 Å². The Morgan fingerprint density at radius 3 is 2.76 bits per heavy atom. The molecule has 0 fully saturated rings. The van der Waals surface area contributed by atoms with Crippen LogP contribution in [-0.4, -0.2) is 45.7 Å².